The molecule has 0 heterocycles. The average Bonchev–Trinajstić information content (AvgIpc) is 2.04. The molecule has 1 aromatic rings. The van der Waals surface area contributed by atoms with Crippen LogP contribution < -0.4 is 0 Å². The van der Waals surface area contributed by atoms with Crippen LogP contribution in [0.4, 0.5) is 0 Å². The van der Waals surface area contributed by atoms with Crippen LogP contribution in [0.25, 0.3) is 0 Å². The van der Waals surface area contributed by atoms with Crippen LogP contribution in [-0.2, 0) is 4.74 Å². The minimum Gasteiger partial charge on any atom is -0.462 e. The number of hydrogen-bond donors (Lipinski definition) is 0. The van der Waals surface area contributed by atoms with Gasteiger partial charge >= 0.3 is 5.97 Å². The van der Waals surface area contributed by atoms with E-state index in [0.29, 0.717) is 12.2 Å². The van der Waals surface area contributed by atoms with Gasteiger partial charge in [-0.2, -0.15) is 0 Å². The fourth-order valence-corrected chi connectivity index (χ4v) is 1.34. The number of aryl methyl sites for hydroxylation is 2. The van der Waals surface area contributed by atoms with E-state index in [2.05, 4.69) is 0 Å². The number of carbonyl (C=O) groups is 1. The van der Waals surface area contributed by atoms with Crippen molar-refractivity contribution in [3.63, 3.8) is 0 Å². The van der Waals surface area contributed by atoms with Crippen LogP contribution in [0.1, 0.15) is 28.4 Å². The maximum atomic E-state index is 11.5. The first-order valence-electron chi connectivity index (χ1n) is 4.40. The van der Waals surface area contributed by atoms with Crippen molar-refractivity contribution in [2.45, 2.75) is 20.8 Å². The van der Waals surface area contributed by atoms with Crippen molar-refractivity contribution in [3.8, 4) is 0 Å². The molecule has 0 bridgehead atoms. The second-order valence-electron chi connectivity index (χ2n) is 2.99. The van der Waals surface area contributed by atoms with Crippen LogP contribution in [0.3, 0.4) is 0 Å². The zero-order valence-electron chi connectivity index (χ0n) is 8.26. The third-order valence-corrected chi connectivity index (χ3v) is 1.96. The summed E-state index contributed by atoms with van der Waals surface area (Å²) >= 11 is 0. The minimum atomic E-state index is -0.224. The molecule has 0 spiro atoms. The minimum absolute atomic E-state index is 0.224. The highest BCUT2D eigenvalue weighted by Gasteiger charge is 2.11. The average molecular weight is 178 g/mol. The SMILES string of the molecule is CCOC(=O)c1c(C)cccc1C. The number of carbonyl (C=O) groups excluding carboxylic acids is 1. The standard InChI is InChI=1S/C11H14O2/c1-4-13-11(12)10-8(2)6-5-7-9(10)3/h5-7H,4H2,1-3H3. The predicted molar refractivity (Wildman–Crippen MR) is 51.9 cm³/mol. The lowest BCUT2D eigenvalue weighted by atomic mass is 10.0. The van der Waals surface area contributed by atoms with Crippen molar-refractivity contribution < 1.29 is 9.53 Å². The first kappa shape index (κ1) is 9.78. The molecule has 0 saturated heterocycles. The van der Waals surface area contributed by atoms with Gasteiger partial charge < -0.3 is 4.74 Å². The molecule has 0 radical (unpaired) electrons. The Bertz CT molecular complexity index is 296. The van der Waals surface area contributed by atoms with Crippen LogP contribution in [-0.4, -0.2) is 12.6 Å². The third kappa shape index (κ3) is 2.08. The van der Waals surface area contributed by atoms with Crippen LogP contribution in [0.5, 0.6) is 0 Å². The molecule has 1 aromatic carbocycles. The second-order valence-corrected chi connectivity index (χ2v) is 2.99. The van der Waals surface area contributed by atoms with Gasteiger partial charge in [0.2, 0.25) is 0 Å². The molecule has 0 amide bonds. The molecule has 0 saturated carbocycles. The van der Waals surface area contributed by atoms with Gasteiger partial charge in [-0.1, -0.05) is 18.2 Å². The maximum absolute atomic E-state index is 11.5. The largest absolute Gasteiger partial charge is 0.462 e. The Hall–Kier alpha value is -1.31. The molecule has 0 aromatic heterocycles. The molecule has 0 aliphatic carbocycles. The van der Waals surface area contributed by atoms with E-state index in [9.17, 15) is 4.79 Å². The molecule has 0 fully saturated rings. The van der Waals surface area contributed by atoms with E-state index in [-0.39, 0.29) is 5.97 Å². The zero-order chi connectivity index (χ0) is 9.84. The van der Waals surface area contributed by atoms with E-state index in [1.54, 1.807) is 0 Å². The van der Waals surface area contributed by atoms with Crippen molar-refractivity contribution in [2.75, 3.05) is 6.61 Å². The number of hydrogen-bond acceptors (Lipinski definition) is 2. The Morgan fingerprint density at radius 1 is 1.31 bits per heavy atom. The molecule has 2 heteroatoms. The monoisotopic (exact) mass is 178 g/mol. The van der Waals surface area contributed by atoms with Crippen molar-refractivity contribution >= 4 is 5.97 Å². The molecule has 70 valence electrons. The van der Waals surface area contributed by atoms with Crippen molar-refractivity contribution in [3.05, 3.63) is 34.9 Å². The summed E-state index contributed by atoms with van der Waals surface area (Å²) in [7, 11) is 0. The summed E-state index contributed by atoms with van der Waals surface area (Å²) in [6.07, 6.45) is 0. The Labute approximate surface area is 78.5 Å². The van der Waals surface area contributed by atoms with Crippen molar-refractivity contribution in [2.24, 2.45) is 0 Å². The molecule has 0 unspecified atom stereocenters. The lowest BCUT2D eigenvalue weighted by molar-refractivity contribution is 0.0524. The Morgan fingerprint density at radius 3 is 2.31 bits per heavy atom. The van der Waals surface area contributed by atoms with Crippen LogP contribution in [0.15, 0.2) is 18.2 Å². The maximum Gasteiger partial charge on any atom is 0.338 e. The first-order chi connectivity index (χ1) is 6.16. The van der Waals surface area contributed by atoms with Gasteiger partial charge in [-0.15, -0.1) is 0 Å². The number of benzene rings is 1. The zero-order valence-corrected chi connectivity index (χ0v) is 8.26. The van der Waals surface area contributed by atoms with E-state index in [4.69, 9.17) is 4.74 Å². The number of esters is 1. The van der Waals surface area contributed by atoms with Gasteiger partial charge in [-0.05, 0) is 31.9 Å². The summed E-state index contributed by atoms with van der Waals surface area (Å²) in [5.74, 6) is -0.224. The van der Waals surface area contributed by atoms with E-state index in [1.807, 2.05) is 39.0 Å². The van der Waals surface area contributed by atoms with Crippen LogP contribution in [0, 0.1) is 13.8 Å². The van der Waals surface area contributed by atoms with Gasteiger partial charge in [0.25, 0.3) is 0 Å². The Balaban J connectivity index is 3.05. The lowest BCUT2D eigenvalue weighted by Crippen LogP contribution is -2.08. The van der Waals surface area contributed by atoms with E-state index in [1.165, 1.54) is 0 Å². The fraction of sp³-hybridized carbons (Fsp3) is 0.364. The summed E-state index contributed by atoms with van der Waals surface area (Å²) in [6.45, 7) is 6.07. The summed E-state index contributed by atoms with van der Waals surface area (Å²) in [5, 5.41) is 0. The molecular formula is C11H14O2. The molecule has 13 heavy (non-hydrogen) atoms. The van der Waals surface area contributed by atoms with Gasteiger partial charge in [0.1, 0.15) is 0 Å². The molecule has 0 aliphatic heterocycles. The Morgan fingerprint density at radius 2 is 1.85 bits per heavy atom. The summed E-state index contributed by atoms with van der Waals surface area (Å²) in [5.41, 5.74) is 2.64. The summed E-state index contributed by atoms with van der Waals surface area (Å²) < 4.78 is 4.95. The van der Waals surface area contributed by atoms with Crippen molar-refractivity contribution in [1.82, 2.24) is 0 Å². The van der Waals surface area contributed by atoms with Gasteiger partial charge in [0.05, 0.1) is 12.2 Å². The summed E-state index contributed by atoms with van der Waals surface area (Å²) in [6, 6.07) is 5.77. The van der Waals surface area contributed by atoms with E-state index >= 15 is 0 Å². The summed E-state index contributed by atoms with van der Waals surface area (Å²) in [4.78, 5) is 11.5. The topological polar surface area (TPSA) is 26.3 Å². The molecule has 0 N–H and O–H groups in total. The highest BCUT2D eigenvalue weighted by atomic mass is 16.5. The first-order valence-corrected chi connectivity index (χ1v) is 4.40. The molecule has 2 nitrogen and oxygen atoms in total. The highest BCUT2D eigenvalue weighted by molar-refractivity contribution is 5.92. The lowest BCUT2D eigenvalue weighted by Gasteiger charge is -2.07. The smallest absolute Gasteiger partial charge is 0.338 e. The van der Waals surface area contributed by atoms with Crippen LogP contribution >= 0.6 is 0 Å². The molecule has 1 rings (SSSR count). The van der Waals surface area contributed by atoms with Crippen LogP contribution in [0.2, 0.25) is 0 Å². The molecular weight excluding hydrogens is 164 g/mol. The number of rotatable bonds is 2. The third-order valence-electron chi connectivity index (χ3n) is 1.96. The van der Waals surface area contributed by atoms with Gasteiger partial charge in [-0.3, -0.25) is 0 Å². The van der Waals surface area contributed by atoms with E-state index in [0.717, 1.165) is 11.1 Å². The van der Waals surface area contributed by atoms with Crippen molar-refractivity contribution in [1.29, 1.82) is 0 Å². The second kappa shape index (κ2) is 4.08. The van der Waals surface area contributed by atoms with Gasteiger partial charge in [-0.25, -0.2) is 4.79 Å². The van der Waals surface area contributed by atoms with E-state index < -0.39 is 0 Å². The number of ether oxygens (including phenoxy) is 1. The predicted octanol–water partition coefficient (Wildman–Crippen LogP) is 2.48. The quantitative estimate of drug-likeness (QED) is 0.650. The van der Waals surface area contributed by atoms with Gasteiger partial charge in [0.15, 0.2) is 0 Å². The molecule has 0 aliphatic rings. The van der Waals surface area contributed by atoms with Gasteiger partial charge in [0, 0.05) is 0 Å². The normalized spacial score (nSPS) is 9.77. The highest BCUT2D eigenvalue weighted by Crippen LogP contribution is 2.14. The fourth-order valence-electron chi connectivity index (χ4n) is 1.34. The molecule has 0 atom stereocenters. The Kier molecular flexibility index (Phi) is 3.07.